The van der Waals surface area contributed by atoms with Crippen LogP contribution in [-0.2, 0) is 11.2 Å². The molecule has 0 saturated heterocycles. The first-order valence-corrected chi connectivity index (χ1v) is 9.50. The molecule has 3 nitrogen and oxygen atoms in total. The highest BCUT2D eigenvalue weighted by Crippen LogP contribution is 2.26. The van der Waals surface area contributed by atoms with Gasteiger partial charge in [0.05, 0.1) is 0 Å². The smallest absolute Gasteiger partial charge is 0.260 e. The van der Waals surface area contributed by atoms with Crippen molar-refractivity contribution in [1.29, 1.82) is 0 Å². The van der Waals surface area contributed by atoms with Crippen LogP contribution in [0, 0.1) is 0 Å². The minimum absolute atomic E-state index is 0.0811. The van der Waals surface area contributed by atoms with Crippen molar-refractivity contribution in [3.63, 3.8) is 0 Å². The van der Waals surface area contributed by atoms with E-state index in [1.54, 1.807) is 6.92 Å². The lowest BCUT2D eigenvalue weighted by Crippen LogP contribution is -2.37. The van der Waals surface area contributed by atoms with Crippen LogP contribution in [0.15, 0.2) is 48.5 Å². The van der Waals surface area contributed by atoms with E-state index in [0.29, 0.717) is 18.4 Å². The summed E-state index contributed by atoms with van der Waals surface area (Å²) in [5.74, 6) is 1.60. The molecular weight excluding hydrogens is 322 g/mol. The van der Waals surface area contributed by atoms with E-state index < -0.39 is 6.10 Å². The van der Waals surface area contributed by atoms with E-state index in [1.165, 1.54) is 11.1 Å². The predicted molar refractivity (Wildman–Crippen MR) is 108 cm³/mol. The summed E-state index contributed by atoms with van der Waals surface area (Å²) in [7, 11) is 0. The van der Waals surface area contributed by atoms with Crippen molar-refractivity contribution in [2.24, 2.45) is 0 Å². The normalized spacial score (nSPS) is 12.3. The van der Waals surface area contributed by atoms with Crippen molar-refractivity contribution in [3.8, 4) is 5.75 Å². The van der Waals surface area contributed by atoms with E-state index in [4.69, 9.17) is 4.74 Å². The van der Waals surface area contributed by atoms with Crippen LogP contribution < -0.4 is 10.1 Å². The summed E-state index contributed by atoms with van der Waals surface area (Å²) in [5, 5.41) is 2.97. The number of carbonyl (C=O) groups excluding carboxylic acids is 1. The largest absolute Gasteiger partial charge is 0.481 e. The lowest BCUT2D eigenvalue weighted by molar-refractivity contribution is -0.127. The Morgan fingerprint density at radius 2 is 1.58 bits per heavy atom. The van der Waals surface area contributed by atoms with Crippen LogP contribution in [0.25, 0.3) is 0 Å². The minimum atomic E-state index is -0.516. The van der Waals surface area contributed by atoms with Gasteiger partial charge in [0.2, 0.25) is 0 Å². The molecule has 0 fully saturated rings. The number of nitrogens with one attached hydrogen (secondary N) is 1. The Morgan fingerprint density at radius 1 is 0.923 bits per heavy atom. The van der Waals surface area contributed by atoms with E-state index in [0.717, 1.165) is 17.7 Å². The average Bonchev–Trinajstić information content (AvgIpc) is 2.62. The Bertz CT molecular complexity index is 704. The number of hydrogen-bond donors (Lipinski definition) is 1. The van der Waals surface area contributed by atoms with Crippen LogP contribution in [-0.4, -0.2) is 18.6 Å². The van der Waals surface area contributed by atoms with Gasteiger partial charge in [0.1, 0.15) is 5.75 Å². The number of ether oxygens (including phenoxy) is 1. The standard InChI is InChI=1S/C23H31NO2/c1-16(2)20-12-10-19(11-13-20)14-15-24-23(25)18(5)26-22-9-7-6-8-21(22)17(3)4/h6-13,16-18H,14-15H2,1-5H3,(H,24,25)/t18-/m0/s1. The molecule has 2 aromatic carbocycles. The molecule has 2 aromatic rings. The van der Waals surface area contributed by atoms with Crippen LogP contribution in [0.1, 0.15) is 63.1 Å². The fraction of sp³-hybridized carbons (Fsp3) is 0.435. The predicted octanol–water partition coefficient (Wildman–Crippen LogP) is 5.06. The molecular formula is C23H31NO2. The summed E-state index contributed by atoms with van der Waals surface area (Å²) < 4.78 is 5.90. The Labute approximate surface area is 157 Å². The number of hydrogen-bond acceptors (Lipinski definition) is 2. The lowest BCUT2D eigenvalue weighted by Gasteiger charge is -2.18. The zero-order chi connectivity index (χ0) is 19.1. The first-order valence-electron chi connectivity index (χ1n) is 9.50. The molecule has 0 heterocycles. The van der Waals surface area contributed by atoms with Crippen LogP contribution in [0.2, 0.25) is 0 Å². The van der Waals surface area contributed by atoms with Crippen molar-refractivity contribution < 1.29 is 9.53 Å². The van der Waals surface area contributed by atoms with Gasteiger partial charge in [0.15, 0.2) is 6.10 Å². The van der Waals surface area contributed by atoms with Crippen LogP contribution in [0.5, 0.6) is 5.75 Å². The maximum Gasteiger partial charge on any atom is 0.260 e. The molecule has 0 unspecified atom stereocenters. The van der Waals surface area contributed by atoms with Gasteiger partial charge in [-0.2, -0.15) is 0 Å². The third-order valence-corrected chi connectivity index (χ3v) is 4.57. The van der Waals surface area contributed by atoms with Gasteiger partial charge >= 0.3 is 0 Å². The van der Waals surface area contributed by atoms with Crippen molar-refractivity contribution in [1.82, 2.24) is 5.32 Å². The molecule has 0 aromatic heterocycles. The third-order valence-electron chi connectivity index (χ3n) is 4.57. The Hall–Kier alpha value is -2.29. The summed E-state index contributed by atoms with van der Waals surface area (Å²) >= 11 is 0. The fourth-order valence-electron chi connectivity index (χ4n) is 2.85. The van der Waals surface area contributed by atoms with Gasteiger partial charge in [-0.1, -0.05) is 70.2 Å². The lowest BCUT2D eigenvalue weighted by atomic mass is 10.0. The minimum Gasteiger partial charge on any atom is -0.481 e. The molecule has 1 N–H and O–H groups in total. The summed E-state index contributed by atoms with van der Waals surface area (Å²) in [6.07, 6.45) is 0.303. The van der Waals surface area contributed by atoms with E-state index in [9.17, 15) is 4.79 Å². The molecule has 26 heavy (non-hydrogen) atoms. The molecule has 0 saturated carbocycles. The SMILES string of the molecule is CC(C)c1ccc(CCNC(=O)[C@H](C)Oc2ccccc2C(C)C)cc1. The molecule has 0 aliphatic heterocycles. The van der Waals surface area contributed by atoms with Crippen LogP contribution in [0.4, 0.5) is 0 Å². The summed E-state index contributed by atoms with van der Waals surface area (Å²) in [4.78, 5) is 12.3. The second-order valence-electron chi connectivity index (χ2n) is 7.39. The second kappa shape index (κ2) is 9.42. The number of carbonyl (C=O) groups is 1. The Balaban J connectivity index is 1.84. The highest BCUT2D eigenvalue weighted by Gasteiger charge is 2.16. The number of amides is 1. The first kappa shape index (κ1) is 20.0. The van der Waals surface area contributed by atoms with Crippen molar-refractivity contribution in [2.75, 3.05) is 6.54 Å². The van der Waals surface area contributed by atoms with Gasteiger partial charge in [-0.05, 0) is 47.9 Å². The van der Waals surface area contributed by atoms with Gasteiger partial charge < -0.3 is 10.1 Å². The quantitative estimate of drug-likeness (QED) is 0.720. The maximum absolute atomic E-state index is 12.3. The van der Waals surface area contributed by atoms with Crippen LogP contribution >= 0.6 is 0 Å². The van der Waals surface area contributed by atoms with Crippen LogP contribution in [0.3, 0.4) is 0 Å². The van der Waals surface area contributed by atoms with Gasteiger partial charge in [-0.15, -0.1) is 0 Å². The summed E-state index contributed by atoms with van der Waals surface area (Å²) in [6.45, 7) is 11.0. The average molecular weight is 354 g/mol. The molecule has 1 amide bonds. The molecule has 0 aliphatic carbocycles. The molecule has 0 radical (unpaired) electrons. The van der Waals surface area contributed by atoms with E-state index in [-0.39, 0.29) is 5.91 Å². The topological polar surface area (TPSA) is 38.3 Å². The van der Waals surface area contributed by atoms with Gasteiger partial charge in [0, 0.05) is 6.54 Å². The Kier molecular flexibility index (Phi) is 7.26. The van der Waals surface area contributed by atoms with Gasteiger partial charge in [0.25, 0.3) is 5.91 Å². The zero-order valence-corrected chi connectivity index (χ0v) is 16.6. The number of rotatable bonds is 8. The van der Waals surface area contributed by atoms with E-state index >= 15 is 0 Å². The van der Waals surface area contributed by atoms with Gasteiger partial charge in [-0.3, -0.25) is 4.79 Å². The fourth-order valence-corrected chi connectivity index (χ4v) is 2.85. The summed E-state index contributed by atoms with van der Waals surface area (Å²) in [6, 6.07) is 16.5. The van der Waals surface area contributed by atoms with Crippen molar-refractivity contribution >= 4 is 5.91 Å². The van der Waals surface area contributed by atoms with Gasteiger partial charge in [-0.25, -0.2) is 0 Å². The highest BCUT2D eigenvalue weighted by molar-refractivity contribution is 5.80. The van der Waals surface area contributed by atoms with E-state index in [2.05, 4.69) is 57.3 Å². The monoisotopic (exact) mass is 353 g/mol. The highest BCUT2D eigenvalue weighted by atomic mass is 16.5. The van der Waals surface area contributed by atoms with Crippen molar-refractivity contribution in [2.45, 2.75) is 59.0 Å². The molecule has 140 valence electrons. The Morgan fingerprint density at radius 3 is 2.19 bits per heavy atom. The van der Waals surface area contributed by atoms with E-state index in [1.807, 2.05) is 24.3 Å². The zero-order valence-electron chi connectivity index (χ0n) is 16.6. The molecule has 0 bridgehead atoms. The maximum atomic E-state index is 12.3. The molecule has 0 spiro atoms. The molecule has 3 heteroatoms. The molecule has 0 aliphatic rings. The first-order chi connectivity index (χ1) is 12.4. The molecule has 2 rings (SSSR count). The molecule has 1 atom stereocenters. The van der Waals surface area contributed by atoms with Crippen molar-refractivity contribution in [3.05, 3.63) is 65.2 Å². The summed E-state index contributed by atoms with van der Waals surface area (Å²) in [5.41, 5.74) is 3.69. The second-order valence-corrected chi connectivity index (χ2v) is 7.39. The third kappa shape index (κ3) is 5.62. The number of para-hydroxylation sites is 1. The number of benzene rings is 2.